The van der Waals surface area contributed by atoms with Crippen LogP contribution in [0.3, 0.4) is 0 Å². The smallest absolute Gasteiger partial charge is 0.328 e. The lowest BCUT2D eigenvalue weighted by Gasteiger charge is -2.34. The molecule has 39 heavy (non-hydrogen) atoms. The minimum atomic E-state index is -6.39. The lowest BCUT2D eigenvalue weighted by Crippen LogP contribution is -2.55. The van der Waals surface area contributed by atoms with Crippen molar-refractivity contribution in [3.63, 3.8) is 0 Å². The van der Waals surface area contributed by atoms with Crippen molar-refractivity contribution in [3.05, 3.63) is 59.7 Å². The molecule has 1 atom stereocenters. The van der Waals surface area contributed by atoms with Crippen LogP contribution in [0.15, 0.2) is 48.5 Å². The molecule has 17 heteroatoms. The lowest BCUT2D eigenvalue weighted by molar-refractivity contribution is -0.341. The first-order valence-corrected chi connectivity index (χ1v) is 11.2. The van der Waals surface area contributed by atoms with E-state index in [4.69, 9.17) is 0 Å². The summed E-state index contributed by atoms with van der Waals surface area (Å²) in [7, 11) is 0.720. The molecule has 0 spiro atoms. The van der Waals surface area contributed by atoms with E-state index in [9.17, 15) is 58.3 Å². The van der Waals surface area contributed by atoms with Crippen molar-refractivity contribution in [2.75, 3.05) is 24.2 Å². The first-order valence-electron chi connectivity index (χ1n) is 10.3. The number of nitrogens with one attached hydrogen (secondary N) is 2. The molecule has 2 aromatic rings. The summed E-state index contributed by atoms with van der Waals surface area (Å²) in [4.78, 5) is 33.6. The van der Waals surface area contributed by atoms with E-state index in [1.165, 1.54) is 0 Å². The van der Waals surface area contributed by atoms with E-state index in [1.54, 1.807) is 0 Å². The molecule has 0 fully saturated rings. The molecular formula is C22H16BrF10N3O3. The molecule has 0 radical (unpaired) electrons. The SMILES string of the molecule is CN(CC(F)(F)F)C(=O)C(=O)Nc1cccc(C(=O)Nc2ccccc2C(Br)C(F)(C(F)(F)F)C(F)(F)F)c1. The van der Waals surface area contributed by atoms with Crippen LogP contribution >= 0.6 is 15.9 Å². The van der Waals surface area contributed by atoms with Gasteiger partial charge in [-0.3, -0.25) is 14.4 Å². The van der Waals surface area contributed by atoms with Crippen LogP contribution in [0.5, 0.6) is 0 Å². The number of hydrogen-bond acceptors (Lipinski definition) is 3. The summed E-state index contributed by atoms with van der Waals surface area (Å²) in [5.74, 6) is -4.20. The number of carbonyl (C=O) groups excluding carboxylic acids is 3. The van der Waals surface area contributed by atoms with Gasteiger partial charge in [-0.1, -0.05) is 40.2 Å². The van der Waals surface area contributed by atoms with Crippen molar-refractivity contribution >= 4 is 45.0 Å². The molecule has 0 bridgehead atoms. The largest absolute Gasteiger partial charge is 0.433 e. The molecule has 1 unspecified atom stereocenters. The first-order chi connectivity index (χ1) is 17.7. The Morgan fingerprint density at radius 1 is 0.846 bits per heavy atom. The maximum atomic E-state index is 14.6. The third-order valence-corrected chi connectivity index (χ3v) is 6.12. The second kappa shape index (κ2) is 11.4. The third kappa shape index (κ3) is 7.39. The average Bonchev–Trinajstić information content (AvgIpc) is 2.80. The Hall–Kier alpha value is -3.37. The molecule has 2 rings (SSSR count). The molecule has 0 heterocycles. The third-order valence-electron chi connectivity index (χ3n) is 5.00. The maximum absolute atomic E-state index is 14.6. The molecule has 214 valence electrons. The van der Waals surface area contributed by atoms with Crippen LogP contribution in [-0.4, -0.2) is 60.4 Å². The minimum Gasteiger partial charge on any atom is -0.328 e. The van der Waals surface area contributed by atoms with E-state index >= 15 is 0 Å². The van der Waals surface area contributed by atoms with Crippen molar-refractivity contribution in [1.29, 1.82) is 0 Å². The topological polar surface area (TPSA) is 78.5 Å². The quantitative estimate of drug-likeness (QED) is 0.226. The molecular weight excluding hydrogens is 624 g/mol. The molecule has 2 aromatic carbocycles. The van der Waals surface area contributed by atoms with E-state index in [2.05, 4.69) is 15.9 Å². The molecule has 0 aliphatic heterocycles. The summed E-state index contributed by atoms with van der Waals surface area (Å²) < 4.78 is 131. The Labute approximate surface area is 221 Å². The molecule has 0 saturated heterocycles. The standard InChI is InChI=1S/C22H16BrF10N3O3/c1-36(10-19(24,25)26)18(39)17(38)34-12-6-4-5-11(9-12)16(37)35-14-8-3-2-7-13(14)15(23)20(27,21(28,29)30)22(31,32)33/h2-9,15H,10H2,1H3,(H,34,38)(H,35,37). The van der Waals surface area contributed by atoms with Gasteiger partial charge >= 0.3 is 36.0 Å². The highest BCUT2D eigenvalue weighted by atomic mass is 79.9. The van der Waals surface area contributed by atoms with E-state index < -0.39 is 64.5 Å². The Bertz CT molecular complexity index is 1220. The van der Waals surface area contributed by atoms with Gasteiger partial charge in [0.1, 0.15) is 6.54 Å². The number of nitrogens with zero attached hydrogens (tertiary/aromatic N) is 1. The average molecular weight is 640 g/mol. The molecule has 3 amide bonds. The number of alkyl halides is 11. The fourth-order valence-electron chi connectivity index (χ4n) is 3.13. The van der Waals surface area contributed by atoms with Gasteiger partial charge < -0.3 is 15.5 Å². The van der Waals surface area contributed by atoms with Gasteiger partial charge in [-0.25, -0.2) is 4.39 Å². The van der Waals surface area contributed by atoms with Gasteiger partial charge in [0.15, 0.2) is 0 Å². The Morgan fingerprint density at radius 3 is 1.95 bits per heavy atom. The van der Waals surface area contributed by atoms with Crippen LogP contribution in [0.4, 0.5) is 55.3 Å². The maximum Gasteiger partial charge on any atom is 0.433 e. The van der Waals surface area contributed by atoms with Crippen LogP contribution in [0.2, 0.25) is 0 Å². The van der Waals surface area contributed by atoms with E-state index in [-0.39, 0.29) is 16.2 Å². The highest BCUT2D eigenvalue weighted by Crippen LogP contribution is 2.57. The number of likely N-dealkylation sites (N-methyl/N-ethyl adjacent to an activating group) is 1. The second-order valence-electron chi connectivity index (χ2n) is 7.92. The highest BCUT2D eigenvalue weighted by molar-refractivity contribution is 9.09. The van der Waals surface area contributed by atoms with Gasteiger partial charge in [-0.2, -0.15) is 39.5 Å². The van der Waals surface area contributed by atoms with Crippen LogP contribution in [0.1, 0.15) is 20.7 Å². The van der Waals surface area contributed by atoms with Gasteiger partial charge in [0.05, 0.1) is 4.83 Å². The summed E-state index contributed by atoms with van der Waals surface area (Å²) in [6.07, 6.45) is -17.6. The zero-order chi connectivity index (χ0) is 30.0. The first kappa shape index (κ1) is 31.8. The number of amides is 3. The molecule has 0 aliphatic carbocycles. The molecule has 6 nitrogen and oxygen atoms in total. The number of para-hydroxylation sites is 1. The summed E-state index contributed by atoms with van der Waals surface area (Å²) in [5, 5.41) is 4.01. The van der Waals surface area contributed by atoms with Crippen LogP contribution in [0, 0.1) is 0 Å². The van der Waals surface area contributed by atoms with E-state index in [0.29, 0.717) is 0 Å². The van der Waals surface area contributed by atoms with Crippen molar-refractivity contribution in [1.82, 2.24) is 4.90 Å². The summed E-state index contributed by atoms with van der Waals surface area (Å²) in [5.41, 5.74) is -7.88. The second-order valence-corrected chi connectivity index (χ2v) is 8.84. The predicted molar refractivity (Wildman–Crippen MR) is 121 cm³/mol. The Morgan fingerprint density at radius 2 is 1.41 bits per heavy atom. The molecule has 0 saturated carbocycles. The van der Waals surface area contributed by atoms with E-state index in [1.807, 2.05) is 10.6 Å². The van der Waals surface area contributed by atoms with Crippen LogP contribution in [-0.2, 0) is 9.59 Å². The normalized spacial score (nSPS) is 13.4. The monoisotopic (exact) mass is 639 g/mol. The molecule has 0 aliphatic rings. The van der Waals surface area contributed by atoms with Crippen molar-refractivity contribution < 1.29 is 58.3 Å². The van der Waals surface area contributed by atoms with Crippen LogP contribution in [0.25, 0.3) is 0 Å². The van der Waals surface area contributed by atoms with Gasteiger partial charge in [0.25, 0.3) is 5.91 Å². The predicted octanol–water partition coefficient (Wildman–Crippen LogP) is 6.17. The van der Waals surface area contributed by atoms with E-state index in [0.717, 1.165) is 55.6 Å². The summed E-state index contributed by atoms with van der Waals surface area (Å²) >= 11 is 2.14. The van der Waals surface area contributed by atoms with Crippen molar-refractivity contribution in [2.24, 2.45) is 0 Å². The Balaban J connectivity index is 2.29. The van der Waals surface area contributed by atoms with Gasteiger partial charge in [-0.05, 0) is 29.8 Å². The number of carbonyl (C=O) groups is 3. The number of benzene rings is 2. The number of halogens is 11. The fourth-order valence-corrected chi connectivity index (χ4v) is 4.04. The lowest BCUT2D eigenvalue weighted by atomic mass is 9.93. The van der Waals surface area contributed by atoms with Crippen LogP contribution < -0.4 is 10.6 Å². The highest BCUT2D eigenvalue weighted by Gasteiger charge is 2.76. The number of hydrogen-bond donors (Lipinski definition) is 2. The Kier molecular flexibility index (Phi) is 9.30. The number of rotatable bonds is 6. The van der Waals surface area contributed by atoms with Gasteiger partial charge in [0, 0.05) is 24.0 Å². The zero-order valence-corrected chi connectivity index (χ0v) is 20.8. The van der Waals surface area contributed by atoms with Crippen molar-refractivity contribution in [3.8, 4) is 0 Å². The summed E-state index contributed by atoms with van der Waals surface area (Å²) in [6.45, 7) is -1.72. The fraction of sp³-hybridized carbons (Fsp3) is 0.318. The molecule has 2 N–H and O–H groups in total. The summed E-state index contributed by atoms with van der Waals surface area (Å²) in [6, 6.07) is 8.09. The molecule has 0 aromatic heterocycles. The zero-order valence-electron chi connectivity index (χ0n) is 19.2. The van der Waals surface area contributed by atoms with Gasteiger partial charge in [-0.15, -0.1) is 0 Å². The minimum absolute atomic E-state index is 0.0896. The van der Waals surface area contributed by atoms with Crippen molar-refractivity contribution in [2.45, 2.75) is 29.0 Å². The van der Waals surface area contributed by atoms with Gasteiger partial charge in [0.2, 0.25) is 0 Å². The number of anilines is 2.